The van der Waals surface area contributed by atoms with Crippen molar-refractivity contribution in [2.75, 3.05) is 26.2 Å². The van der Waals surface area contributed by atoms with Crippen LogP contribution in [0, 0.1) is 27.7 Å². The lowest BCUT2D eigenvalue weighted by molar-refractivity contribution is 0.469. The Labute approximate surface area is 231 Å². The standard InChI is InChI=1S/C34H37N3O2/c1-23-19-25(3)33(38)29(21-23)31(27-11-7-5-8-12-27)36-17-15-35-16-18-37-32(28-13-9-6-10-14-28)30-22-24(2)20-26(4)34(30)39/h5-14,19-22,35,38-39H,15-18H2,1-4H3. The second-order valence-electron chi connectivity index (χ2n) is 9.90. The van der Waals surface area contributed by atoms with Crippen molar-refractivity contribution in [3.8, 4) is 11.5 Å². The molecule has 0 spiro atoms. The first-order chi connectivity index (χ1) is 18.8. The van der Waals surface area contributed by atoms with Gasteiger partial charge in [0, 0.05) is 35.3 Å². The Hall–Kier alpha value is -4.22. The van der Waals surface area contributed by atoms with Crippen molar-refractivity contribution in [2.45, 2.75) is 27.7 Å². The molecule has 5 nitrogen and oxygen atoms in total. The van der Waals surface area contributed by atoms with Gasteiger partial charge in [-0.25, -0.2) is 0 Å². The highest BCUT2D eigenvalue weighted by Gasteiger charge is 2.15. The van der Waals surface area contributed by atoms with E-state index in [1.54, 1.807) is 0 Å². The average molecular weight is 520 g/mol. The van der Waals surface area contributed by atoms with Gasteiger partial charge < -0.3 is 15.5 Å². The lowest BCUT2D eigenvalue weighted by Crippen LogP contribution is -2.22. The van der Waals surface area contributed by atoms with Crippen LogP contribution in [0.25, 0.3) is 0 Å². The first-order valence-corrected chi connectivity index (χ1v) is 13.4. The Balaban J connectivity index is 1.47. The summed E-state index contributed by atoms with van der Waals surface area (Å²) in [6, 6.07) is 27.9. The van der Waals surface area contributed by atoms with Gasteiger partial charge in [0.2, 0.25) is 0 Å². The van der Waals surface area contributed by atoms with Crippen molar-refractivity contribution >= 4 is 11.4 Å². The predicted octanol–water partition coefficient (Wildman–Crippen LogP) is 6.30. The first kappa shape index (κ1) is 27.8. The first-order valence-electron chi connectivity index (χ1n) is 13.4. The molecule has 0 aliphatic rings. The molecule has 200 valence electrons. The van der Waals surface area contributed by atoms with E-state index >= 15 is 0 Å². The number of rotatable bonds is 10. The summed E-state index contributed by atoms with van der Waals surface area (Å²) < 4.78 is 0. The van der Waals surface area contributed by atoms with Gasteiger partial charge in [-0.05, 0) is 62.1 Å². The zero-order chi connectivity index (χ0) is 27.8. The van der Waals surface area contributed by atoms with Crippen molar-refractivity contribution in [1.82, 2.24) is 5.32 Å². The fourth-order valence-electron chi connectivity index (χ4n) is 4.76. The second-order valence-corrected chi connectivity index (χ2v) is 9.90. The summed E-state index contributed by atoms with van der Waals surface area (Å²) in [6.45, 7) is 10.4. The van der Waals surface area contributed by atoms with Crippen LogP contribution < -0.4 is 5.32 Å². The summed E-state index contributed by atoms with van der Waals surface area (Å²) in [4.78, 5) is 9.78. The van der Waals surface area contributed by atoms with E-state index in [1.807, 2.05) is 113 Å². The number of hydrogen-bond acceptors (Lipinski definition) is 5. The predicted molar refractivity (Wildman–Crippen MR) is 162 cm³/mol. The molecule has 0 aromatic heterocycles. The molecule has 0 aliphatic heterocycles. The number of nitrogens with one attached hydrogen (secondary N) is 1. The van der Waals surface area contributed by atoms with Crippen LogP contribution in [-0.2, 0) is 0 Å². The lowest BCUT2D eigenvalue weighted by Gasteiger charge is -2.13. The second kappa shape index (κ2) is 13.0. The maximum atomic E-state index is 10.8. The third-order valence-corrected chi connectivity index (χ3v) is 6.61. The van der Waals surface area contributed by atoms with Crippen LogP contribution >= 0.6 is 0 Å². The van der Waals surface area contributed by atoms with Gasteiger partial charge in [0.05, 0.1) is 24.5 Å². The molecule has 5 heteroatoms. The number of aliphatic imine (C=N–C) groups is 2. The molecular formula is C34H37N3O2. The highest BCUT2D eigenvalue weighted by molar-refractivity contribution is 6.15. The molecule has 0 atom stereocenters. The van der Waals surface area contributed by atoms with Crippen LogP contribution in [0.5, 0.6) is 11.5 Å². The van der Waals surface area contributed by atoms with Crippen LogP contribution in [0.15, 0.2) is 94.9 Å². The molecule has 0 bridgehead atoms. The van der Waals surface area contributed by atoms with Gasteiger partial charge in [-0.2, -0.15) is 0 Å². The van der Waals surface area contributed by atoms with Crippen LogP contribution in [-0.4, -0.2) is 47.8 Å². The topological polar surface area (TPSA) is 77.2 Å². The van der Waals surface area contributed by atoms with Crippen LogP contribution in [0.1, 0.15) is 44.5 Å². The van der Waals surface area contributed by atoms with Crippen molar-refractivity contribution in [3.05, 3.63) is 129 Å². The number of aromatic hydroxyl groups is 2. The third kappa shape index (κ3) is 7.01. The van der Waals surface area contributed by atoms with Crippen LogP contribution in [0.2, 0.25) is 0 Å². The molecule has 39 heavy (non-hydrogen) atoms. The van der Waals surface area contributed by atoms with Crippen molar-refractivity contribution in [3.63, 3.8) is 0 Å². The maximum Gasteiger partial charge on any atom is 0.127 e. The Morgan fingerprint density at radius 2 is 0.974 bits per heavy atom. The molecule has 0 amide bonds. The third-order valence-electron chi connectivity index (χ3n) is 6.61. The molecule has 0 radical (unpaired) electrons. The minimum absolute atomic E-state index is 0.272. The van der Waals surface area contributed by atoms with Gasteiger partial charge in [-0.15, -0.1) is 0 Å². The molecule has 0 heterocycles. The lowest BCUT2D eigenvalue weighted by atomic mass is 9.97. The van der Waals surface area contributed by atoms with E-state index in [-0.39, 0.29) is 11.5 Å². The summed E-state index contributed by atoms with van der Waals surface area (Å²) in [5.41, 5.74) is 8.89. The zero-order valence-corrected chi connectivity index (χ0v) is 23.2. The fourth-order valence-corrected chi connectivity index (χ4v) is 4.76. The molecule has 3 N–H and O–H groups in total. The van der Waals surface area contributed by atoms with Gasteiger partial charge in [-0.3, -0.25) is 9.98 Å². The normalized spacial score (nSPS) is 12.1. The Kier molecular flexibility index (Phi) is 9.29. The Morgan fingerprint density at radius 1 is 0.590 bits per heavy atom. The van der Waals surface area contributed by atoms with Gasteiger partial charge in [0.15, 0.2) is 0 Å². The number of benzene rings is 4. The largest absolute Gasteiger partial charge is 0.507 e. The van der Waals surface area contributed by atoms with Crippen LogP contribution in [0.4, 0.5) is 0 Å². The molecule has 0 aliphatic carbocycles. The highest BCUT2D eigenvalue weighted by Crippen LogP contribution is 2.28. The SMILES string of the molecule is Cc1cc(C)c(O)c(C(=NCCNCCN=C(c2ccccc2)c2cc(C)cc(C)c2O)c2ccccc2)c1. The Bertz CT molecular complexity index is 1360. The summed E-state index contributed by atoms with van der Waals surface area (Å²) >= 11 is 0. The molecule has 0 saturated heterocycles. The number of phenols is 2. The van der Waals surface area contributed by atoms with Crippen molar-refractivity contribution < 1.29 is 10.2 Å². The van der Waals surface area contributed by atoms with E-state index in [4.69, 9.17) is 9.98 Å². The Morgan fingerprint density at radius 3 is 1.36 bits per heavy atom. The summed E-state index contributed by atoms with van der Waals surface area (Å²) in [6.07, 6.45) is 0. The minimum Gasteiger partial charge on any atom is -0.507 e. The van der Waals surface area contributed by atoms with E-state index in [9.17, 15) is 10.2 Å². The van der Waals surface area contributed by atoms with Gasteiger partial charge in [0.1, 0.15) is 11.5 Å². The monoisotopic (exact) mass is 519 g/mol. The zero-order valence-electron chi connectivity index (χ0n) is 23.2. The van der Waals surface area contributed by atoms with E-state index in [1.165, 1.54) is 0 Å². The molecular weight excluding hydrogens is 482 g/mol. The number of hydrogen-bond donors (Lipinski definition) is 3. The van der Waals surface area contributed by atoms with Gasteiger partial charge in [-0.1, -0.05) is 72.8 Å². The molecule has 0 fully saturated rings. The fraction of sp³-hybridized carbons (Fsp3) is 0.235. The maximum absolute atomic E-state index is 10.8. The van der Waals surface area contributed by atoms with E-state index in [0.717, 1.165) is 55.9 Å². The highest BCUT2D eigenvalue weighted by atomic mass is 16.3. The van der Waals surface area contributed by atoms with Crippen LogP contribution in [0.3, 0.4) is 0 Å². The molecule has 4 aromatic rings. The van der Waals surface area contributed by atoms with Gasteiger partial charge in [0.25, 0.3) is 0 Å². The quantitative estimate of drug-likeness (QED) is 0.170. The molecule has 4 rings (SSSR count). The average Bonchev–Trinajstić information content (AvgIpc) is 2.93. The molecule has 0 saturated carbocycles. The number of phenolic OH excluding ortho intramolecular Hbond substituents is 2. The number of aryl methyl sites for hydroxylation is 4. The van der Waals surface area contributed by atoms with E-state index in [2.05, 4.69) is 5.32 Å². The van der Waals surface area contributed by atoms with E-state index < -0.39 is 0 Å². The smallest absolute Gasteiger partial charge is 0.127 e. The molecule has 0 unspecified atom stereocenters. The summed E-state index contributed by atoms with van der Waals surface area (Å²) in [5, 5.41) is 25.0. The molecule has 4 aromatic carbocycles. The summed E-state index contributed by atoms with van der Waals surface area (Å²) in [7, 11) is 0. The van der Waals surface area contributed by atoms with Crippen molar-refractivity contribution in [1.29, 1.82) is 0 Å². The van der Waals surface area contributed by atoms with Crippen molar-refractivity contribution in [2.24, 2.45) is 9.98 Å². The van der Waals surface area contributed by atoms with E-state index in [0.29, 0.717) is 26.2 Å². The van der Waals surface area contributed by atoms with Gasteiger partial charge >= 0.3 is 0 Å². The minimum atomic E-state index is 0.272. The number of nitrogens with zero attached hydrogens (tertiary/aromatic N) is 2. The summed E-state index contributed by atoms with van der Waals surface area (Å²) in [5.74, 6) is 0.544.